The maximum atomic E-state index is 12.5. The number of fused-ring (bicyclic) bond motifs is 2. The molecule has 4 amide bonds. The summed E-state index contributed by atoms with van der Waals surface area (Å²) < 4.78 is 11.4. The summed E-state index contributed by atoms with van der Waals surface area (Å²) in [6.45, 7) is 0.991. The normalized spacial score (nSPS) is 21.9. The van der Waals surface area contributed by atoms with E-state index in [9.17, 15) is 14.4 Å². The highest BCUT2D eigenvalue weighted by Crippen LogP contribution is 2.30. The maximum absolute atomic E-state index is 12.5. The first-order chi connectivity index (χ1) is 14.6. The van der Waals surface area contributed by atoms with Crippen LogP contribution in [0.4, 0.5) is 4.79 Å². The summed E-state index contributed by atoms with van der Waals surface area (Å²) in [5, 5.41) is 2.85. The number of carbonyl (C=O) groups is 3. The fourth-order valence-corrected chi connectivity index (χ4v) is 3.52. The van der Waals surface area contributed by atoms with Crippen LogP contribution in [0.15, 0.2) is 53.6 Å². The molecule has 0 aromatic heterocycles. The van der Waals surface area contributed by atoms with E-state index in [1.807, 2.05) is 24.3 Å². The van der Waals surface area contributed by atoms with Crippen molar-refractivity contribution >= 4 is 23.6 Å². The molecular formula is C22H23N3O5. The van der Waals surface area contributed by atoms with Crippen LogP contribution >= 0.6 is 0 Å². The van der Waals surface area contributed by atoms with Gasteiger partial charge in [-0.25, -0.2) is 4.79 Å². The van der Waals surface area contributed by atoms with Crippen molar-refractivity contribution in [2.45, 2.75) is 25.4 Å². The van der Waals surface area contributed by atoms with Crippen LogP contribution in [0.2, 0.25) is 0 Å². The lowest BCUT2D eigenvalue weighted by molar-refractivity contribution is -0.129. The van der Waals surface area contributed by atoms with Crippen LogP contribution in [0.25, 0.3) is 0 Å². The molecule has 2 aliphatic heterocycles. The Morgan fingerprint density at radius 1 is 1.17 bits per heavy atom. The summed E-state index contributed by atoms with van der Waals surface area (Å²) in [7, 11) is 0. The van der Waals surface area contributed by atoms with E-state index < -0.39 is 11.9 Å². The number of carbonyl (C=O) groups excluding carboxylic acids is 3. The van der Waals surface area contributed by atoms with Crippen molar-refractivity contribution in [2.24, 2.45) is 10.9 Å². The molecule has 3 aliphatic rings. The number of ether oxygens (including phenoxy) is 2. The zero-order valence-electron chi connectivity index (χ0n) is 16.5. The molecule has 2 atom stereocenters. The highest BCUT2D eigenvalue weighted by Gasteiger charge is 2.35. The van der Waals surface area contributed by atoms with Gasteiger partial charge in [-0.2, -0.15) is 4.99 Å². The van der Waals surface area contributed by atoms with Crippen LogP contribution in [-0.2, 0) is 9.59 Å². The number of hydrogen-bond donors (Lipinski definition) is 1. The van der Waals surface area contributed by atoms with E-state index in [1.165, 1.54) is 4.90 Å². The first-order valence-electron chi connectivity index (χ1n) is 10.1. The molecule has 1 aromatic rings. The summed E-state index contributed by atoms with van der Waals surface area (Å²) in [5.74, 6) is 0.532. The van der Waals surface area contributed by atoms with Gasteiger partial charge >= 0.3 is 6.03 Å². The van der Waals surface area contributed by atoms with Gasteiger partial charge in [0.15, 0.2) is 11.5 Å². The molecule has 8 nitrogen and oxygen atoms in total. The van der Waals surface area contributed by atoms with E-state index in [2.05, 4.69) is 10.3 Å². The lowest BCUT2D eigenvalue weighted by Crippen LogP contribution is -2.46. The SMILES string of the molecule is O=C(CCCCN1C(=O)N=C2C=CC=CC2C1=O)NCC1COc2ccccc2O1. The Bertz CT molecular complexity index is 936. The monoisotopic (exact) mass is 409 g/mol. The second-order valence-electron chi connectivity index (χ2n) is 7.29. The molecule has 1 aliphatic carbocycles. The van der Waals surface area contributed by atoms with Gasteiger partial charge in [0.1, 0.15) is 12.7 Å². The molecule has 0 fully saturated rings. The number of allylic oxidation sites excluding steroid dienone is 3. The van der Waals surface area contributed by atoms with Gasteiger partial charge in [0.2, 0.25) is 11.8 Å². The van der Waals surface area contributed by atoms with Gasteiger partial charge in [0, 0.05) is 13.0 Å². The molecule has 1 N–H and O–H groups in total. The van der Waals surface area contributed by atoms with Crippen LogP contribution in [0.5, 0.6) is 11.5 Å². The van der Waals surface area contributed by atoms with Crippen molar-refractivity contribution in [1.82, 2.24) is 10.2 Å². The number of benzene rings is 1. The molecule has 2 heterocycles. The number of imide groups is 1. The summed E-state index contributed by atoms with van der Waals surface area (Å²) >= 11 is 0. The molecule has 0 saturated carbocycles. The Labute approximate surface area is 174 Å². The number of unbranched alkanes of at least 4 members (excludes halogenated alkanes) is 1. The molecule has 30 heavy (non-hydrogen) atoms. The Morgan fingerprint density at radius 2 is 2.00 bits per heavy atom. The van der Waals surface area contributed by atoms with Crippen LogP contribution in [0.3, 0.4) is 0 Å². The highest BCUT2D eigenvalue weighted by atomic mass is 16.6. The van der Waals surface area contributed by atoms with Gasteiger partial charge < -0.3 is 14.8 Å². The minimum absolute atomic E-state index is 0.102. The third kappa shape index (κ3) is 4.42. The number of nitrogens with zero attached hydrogens (tertiary/aromatic N) is 2. The molecule has 1 aromatic carbocycles. The zero-order valence-corrected chi connectivity index (χ0v) is 16.5. The summed E-state index contributed by atoms with van der Waals surface area (Å²) in [4.78, 5) is 41.9. The molecule has 2 unspecified atom stereocenters. The molecular weight excluding hydrogens is 386 g/mol. The van der Waals surface area contributed by atoms with E-state index in [0.717, 1.165) is 0 Å². The molecule has 0 spiro atoms. The van der Waals surface area contributed by atoms with Crippen molar-refractivity contribution in [3.63, 3.8) is 0 Å². The average molecular weight is 409 g/mol. The maximum Gasteiger partial charge on any atom is 0.350 e. The van der Waals surface area contributed by atoms with E-state index in [1.54, 1.807) is 24.3 Å². The Balaban J connectivity index is 1.16. The van der Waals surface area contributed by atoms with E-state index in [4.69, 9.17) is 9.47 Å². The lowest BCUT2D eigenvalue weighted by Gasteiger charge is -2.28. The van der Waals surface area contributed by atoms with E-state index in [-0.39, 0.29) is 24.5 Å². The number of rotatable bonds is 7. The molecule has 0 saturated heterocycles. The predicted molar refractivity (Wildman–Crippen MR) is 110 cm³/mol. The summed E-state index contributed by atoms with van der Waals surface area (Å²) in [6.07, 6.45) is 8.12. The smallest absolute Gasteiger partial charge is 0.350 e. The number of aliphatic imine (C=N–C) groups is 1. The van der Waals surface area contributed by atoms with Gasteiger partial charge in [-0.05, 0) is 31.1 Å². The van der Waals surface area contributed by atoms with Crippen LogP contribution in [0.1, 0.15) is 19.3 Å². The quantitative estimate of drug-likeness (QED) is 0.697. The molecule has 0 bridgehead atoms. The molecule has 0 radical (unpaired) electrons. The van der Waals surface area contributed by atoms with Crippen molar-refractivity contribution in [3.8, 4) is 11.5 Å². The predicted octanol–water partition coefficient (Wildman–Crippen LogP) is 2.26. The summed E-state index contributed by atoms with van der Waals surface area (Å²) in [5.41, 5.74) is 0.486. The molecule has 4 rings (SSSR count). The number of para-hydroxylation sites is 2. The van der Waals surface area contributed by atoms with E-state index >= 15 is 0 Å². The van der Waals surface area contributed by atoms with Gasteiger partial charge in [0.05, 0.1) is 18.2 Å². The van der Waals surface area contributed by atoms with Gasteiger partial charge in [-0.1, -0.05) is 30.4 Å². The van der Waals surface area contributed by atoms with Crippen molar-refractivity contribution < 1.29 is 23.9 Å². The number of urea groups is 1. The van der Waals surface area contributed by atoms with Gasteiger partial charge in [-0.15, -0.1) is 0 Å². The van der Waals surface area contributed by atoms with Crippen molar-refractivity contribution in [3.05, 3.63) is 48.6 Å². The Morgan fingerprint density at radius 3 is 2.87 bits per heavy atom. The van der Waals surface area contributed by atoms with Gasteiger partial charge in [-0.3, -0.25) is 14.5 Å². The topological polar surface area (TPSA) is 97.3 Å². The second-order valence-corrected chi connectivity index (χ2v) is 7.29. The third-order valence-corrected chi connectivity index (χ3v) is 5.12. The molecule has 156 valence electrons. The number of hydrogen-bond acceptors (Lipinski definition) is 5. The average Bonchev–Trinajstić information content (AvgIpc) is 2.77. The van der Waals surface area contributed by atoms with Crippen LogP contribution in [0, 0.1) is 5.92 Å². The lowest BCUT2D eigenvalue weighted by atomic mass is 9.95. The fourth-order valence-electron chi connectivity index (χ4n) is 3.52. The Kier molecular flexibility index (Phi) is 5.92. The van der Waals surface area contributed by atoms with Gasteiger partial charge in [0.25, 0.3) is 0 Å². The Hall–Kier alpha value is -3.42. The van der Waals surface area contributed by atoms with Crippen LogP contribution < -0.4 is 14.8 Å². The summed E-state index contributed by atoms with van der Waals surface area (Å²) in [6, 6.07) is 6.89. The highest BCUT2D eigenvalue weighted by molar-refractivity contribution is 6.21. The number of amides is 4. The standard InChI is InChI=1S/C22H23N3O5/c26-20(23-13-15-14-29-18-9-3-4-10-19(18)30-15)11-5-6-12-25-21(27)16-7-1-2-8-17(16)24-22(25)28/h1-4,7-10,15-16H,5-6,11-14H2,(H,23,26). The first kappa shape index (κ1) is 19.9. The molecule has 8 heteroatoms. The number of nitrogens with one attached hydrogen (secondary N) is 1. The fraction of sp³-hybridized carbons (Fsp3) is 0.364. The second kappa shape index (κ2) is 8.94. The first-order valence-corrected chi connectivity index (χ1v) is 10.1. The zero-order chi connectivity index (χ0) is 20.9. The largest absolute Gasteiger partial charge is 0.486 e. The minimum atomic E-state index is -0.537. The minimum Gasteiger partial charge on any atom is -0.486 e. The van der Waals surface area contributed by atoms with Crippen molar-refractivity contribution in [2.75, 3.05) is 19.7 Å². The van der Waals surface area contributed by atoms with E-state index in [0.29, 0.717) is 49.6 Å². The third-order valence-electron chi connectivity index (χ3n) is 5.12. The van der Waals surface area contributed by atoms with Crippen LogP contribution in [-0.4, -0.2) is 54.3 Å². The van der Waals surface area contributed by atoms with Crippen molar-refractivity contribution in [1.29, 1.82) is 0 Å².